The van der Waals surface area contributed by atoms with Crippen LogP contribution < -0.4 is 14.4 Å². The molecule has 0 bridgehead atoms. The number of rotatable bonds is 9. The normalized spacial score (nSPS) is 12.1. The number of halogens is 2. The van der Waals surface area contributed by atoms with Crippen LogP contribution in [0.3, 0.4) is 0 Å². The monoisotopic (exact) mass is 501 g/mol. The van der Waals surface area contributed by atoms with Crippen molar-refractivity contribution in [1.29, 1.82) is 0 Å². The molecule has 2 amide bonds. The fourth-order valence-electron chi connectivity index (χ4n) is 3.05. The number of benzene rings is 2. The first-order chi connectivity index (χ1) is 15.0. The van der Waals surface area contributed by atoms with E-state index >= 15 is 0 Å². The number of hydrogen-bond donors (Lipinski definition) is 1. The minimum Gasteiger partial charge on any atom is -0.495 e. The van der Waals surface area contributed by atoms with Crippen LogP contribution in [-0.4, -0.2) is 58.1 Å². The van der Waals surface area contributed by atoms with Gasteiger partial charge < -0.3 is 15.0 Å². The molecule has 2 rings (SSSR count). The summed E-state index contributed by atoms with van der Waals surface area (Å²) in [5.41, 5.74) is 0.891. The SMILES string of the molecule is CNC(=O)[C@H](C)N(Cc1cccc(Cl)c1)C(=O)CN(c1ccc(OC)c(Cl)c1)S(C)(=O)=O. The Morgan fingerprint density at radius 3 is 2.38 bits per heavy atom. The Morgan fingerprint density at radius 2 is 1.84 bits per heavy atom. The summed E-state index contributed by atoms with van der Waals surface area (Å²) in [4.78, 5) is 26.9. The largest absolute Gasteiger partial charge is 0.495 e. The predicted octanol–water partition coefficient (Wildman–Crippen LogP) is 2.93. The van der Waals surface area contributed by atoms with Crippen molar-refractivity contribution in [3.8, 4) is 5.75 Å². The molecule has 0 radical (unpaired) electrons. The Balaban J connectivity index is 2.41. The van der Waals surface area contributed by atoms with Crippen molar-refractivity contribution in [1.82, 2.24) is 10.2 Å². The molecule has 0 heterocycles. The highest BCUT2D eigenvalue weighted by Gasteiger charge is 2.30. The smallest absolute Gasteiger partial charge is 0.244 e. The second-order valence-corrected chi connectivity index (χ2v) is 9.78. The number of carbonyl (C=O) groups excluding carboxylic acids is 2. The van der Waals surface area contributed by atoms with Crippen LogP contribution in [0.4, 0.5) is 5.69 Å². The predicted molar refractivity (Wildman–Crippen MR) is 126 cm³/mol. The van der Waals surface area contributed by atoms with Gasteiger partial charge in [-0.25, -0.2) is 8.42 Å². The molecule has 0 aliphatic rings. The van der Waals surface area contributed by atoms with Crippen LogP contribution in [0.25, 0.3) is 0 Å². The summed E-state index contributed by atoms with van der Waals surface area (Å²) in [6.07, 6.45) is 0.988. The van der Waals surface area contributed by atoms with Crippen molar-refractivity contribution in [2.24, 2.45) is 0 Å². The Bertz CT molecular complexity index is 1090. The van der Waals surface area contributed by atoms with Gasteiger partial charge in [-0.1, -0.05) is 35.3 Å². The molecule has 2 aromatic carbocycles. The van der Waals surface area contributed by atoms with E-state index in [9.17, 15) is 18.0 Å². The van der Waals surface area contributed by atoms with Crippen molar-refractivity contribution in [2.45, 2.75) is 19.5 Å². The maximum absolute atomic E-state index is 13.3. The van der Waals surface area contributed by atoms with Crippen LogP contribution in [0.5, 0.6) is 5.75 Å². The van der Waals surface area contributed by atoms with E-state index in [2.05, 4.69) is 5.32 Å². The molecule has 1 atom stereocenters. The van der Waals surface area contributed by atoms with Gasteiger partial charge in [0.15, 0.2) is 0 Å². The number of methoxy groups -OCH3 is 1. The standard InChI is InChI=1S/C21H25Cl2N3O5S/c1-14(21(28)24-2)25(12-15-6-5-7-16(22)10-15)20(27)13-26(32(4,29)30)17-8-9-19(31-3)18(23)11-17/h5-11,14H,12-13H2,1-4H3,(H,24,28)/t14-/m0/s1. The zero-order chi connectivity index (χ0) is 24.1. The van der Waals surface area contributed by atoms with E-state index in [1.165, 1.54) is 37.3 Å². The summed E-state index contributed by atoms with van der Waals surface area (Å²) in [6.45, 7) is 1.11. The number of sulfonamides is 1. The van der Waals surface area contributed by atoms with Crippen LogP contribution in [0.2, 0.25) is 10.0 Å². The lowest BCUT2D eigenvalue weighted by Crippen LogP contribution is -2.50. The molecule has 0 aliphatic heterocycles. The summed E-state index contributed by atoms with van der Waals surface area (Å²) in [7, 11) is -0.951. The van der Waals surface area contributed by atoms with Gasteiger partial charge in [0.25, 0.3) is 0 Å². The van der Waals surface area contributed by atoms with Gasteiger partial charge in [-0.05, 0) is 42.8 Å². The maximum Gasteiger partial charge on any atom is 0.244 e. The van der Waals surface area contributed by atoms with Gasteiger partial charge in [-0.3, -0.25) is 13.9 Å². The lowest BCUT2D eigenvalue weighted by Gasteiger charge is -2.31. The lowest BCUT2D eigenvalue weighted by atomic mass is 10.1. The average molecular weight is 502 g/mol. The fraction of sp³-hybridized carbons (Fsp3) is 0.333. The van der Waals surface area contributed by atoms with Gasteiger partial charge in [-0.2, -0.15) is 0 Å². The molecule has 1 N–H and O–H groups in total. The molecule has 0 spiro atoms. The first kappa shape index (κ1) is 25.8. The molecular formula is C21H25Cl2N3O5S. The number of anilines is 1. The van der Waals surface area contributed by atoms with Gasteiger partial charge >= 0.3 is 0 Å². The second-order valence-electron chi connectivity index (χ2n) is 7.03. The molecular weight excluding hydrogens is 477 g/mol. The molecule has 0 saturated carbocycles. The molecule has 11 heteroatoms. The Hall–Kier alpha value is -2.49. The molecule has 0 saturated heterocycles. The number of ether oxygens (including phenoxy) is 1. The van der Waals surface area contributed by atoms with E-state index in [0.717, 1.165) is 10.6 Å². The van der Waals surface area contributed by atoms with Crippen LogP contribution in [-0.2, 0) is 26.2 Å². The average Bonchev–Trinajstić information content (AvgIpc) is 2.73. The highest BCUT2D eigenvalue weighted by molar-refractivity contribution is 7.92. The summed E-state index contributed by atoms with van der Waals surface area (Å²) in [6, 6.07) is 10.4. The van der Waals surface area contributed by atoms with Crippen LogP contribution in [0.15, 0.2) is 42.5 Å². The summed E-state index contributed by atoms with van der Waals surface area (Å²) in [5, 5.41) is 3.19. The molecule has 0 aliphatic carbocycles. The molecule has 2 aromatic rings. The number of hydrogen-bond acceptors (Lipinski definition) is 5. The third-order valence-corrected chi connectivity index (χ3v) is 6.43. The highest BCUT2D eigenvalue weighted by atomic mass is 35.5. The summed E-state index contributed by atoms with van der Waals surface area (Å²) < 4.78 is 31.0. The van der Waals surface area contributed by atoms with Gasteiger partial charge in [0.2, 0.25) is 21.8 Å². The number of nitrogens with zero attached hydrogens (tertiary/aromatic N) is 2. The van der Waals surface area contributed by atoms with Crippen LogP contribution in [0.1, 0.15) is 12.5 Å². The quantitative estimate of drug-likeness (QED) is 0.569. The Morgan fingerprint density at radius 1 is 1.16 bits per heavy atom. The topological polar surface area (TPSA) is 96.0 Å². The van der Waals surface area contributed by atoms with E-state index in [1.807, 2.05) is 0 Å². The summed E-state index contributed by atoms with van der Waals surface area (Å²) in [5.74, 6) is -0.594. The maximum atomic E-state index is 13.3. The van der Waals surface area contributed by atoms with E-state index in [0.29, 0.717) is 16.3 Å². The second kappa shape index (κ2) is 10.9. The molecule has 32 heavy (non-hydrogen) atoms. The van der Waals surface area contributed by atoms with Crippen molar-refractivity contribution >= 4 is 50.7 Å². The molecule has 0 unspecified atom stereocenters. The van der Waals surface area contributed by atoms with Crippen LogP contribution >= 0.6 is 23.2 Å². The van der Waals surface area contributed by atoms with Crippen molar-refractivity contribution < 1.29 is 22.7 Å². The zero-order valence-electron chi connectivity index (χ0n) is 18.1. The minimum atomic E-state index is -3.85. The minimum absolute atomic E-state index is 0.0644. The Kier molecular flexibility index (Phi) is 8.77. The van der Waals surface area contributed by atoms with Crippen molar-refractivity contribution in [2.75, 3.05) is 31.3 Å². The molecule has 174 valence electrons. The van der Waals surface area contributed by atoms with Gasteiger partial charge in [0, 0.05) is 18.6 Å². The zero-order valence-corrected chi connectivity index (χ0v) is 20.5. The summed E-state index contributed by atoms with van der Waals surface area (Å²) >= 11 is 12.2. The Labute approximate surface area is 198 Å². The third-order valence-electron chi connectivity index (χ3n) is 4.76. The molecule has 8 nitrogen and oxygen atoms in total. The van der Waals surface area contributed by atoms with Gasteiger partial charge in [0.1, 0.15) is 18.3 Å². The number of carbonyl (C=O) groups is 2. The first-order valence-electron chi connectivity index (χ1n) is 9.54. The van der Waals surface area contributed by atoms with E-state index in [4.69, 9.17) is 27.9 Å². The van der Waals surface area contributed by atoms with Gasteiger partial charge in [-0.15, -0.1) is 0 Å². The lowest BCUT2D eigenvalue weighted by molar-refractivity contribution is -0.139. The van der Waals surface area contributed by atoms with Crippen LogP contribution in [0, 0.1) is 0 Å². The van der Waals surface area contributed by atoms with E-state index in [-0.39, 0.29) is 17.3 Å². The van der Waals surface area contributed by atoms with Gasteiger partial charge in [0.05, 0.1) is 24.1 Å². The van der Waals surface area contributed by atoms with Crippen molar-refractivity contribution in [3.63, 3.8) is 0 Å². The van der Waals surface area contributed by atoms with Crippen molar-refractivity contribution in [3.05, 3.63) is 58.1 Å². The third kappa shape index (κ3) is 6.51. The first-order valence-corrected chi connectivity index (χ1v) is 12.1. The highest BCUT2D eigenvalue weighted by Crippen LogP contribution is 2.30. The number of amides is 2. The van der Waals surface area contributed by atoms with E-state index in [1.54, 1.807) is 31.2 Å². The number of nitrogens with one attached hydrogen (secondary N) is 1. The number of likely N-dealkylation sites (N-methyl/N-ethyl adjacent to an activating group) is 1. The molecule has 0 aromatic heterocycles. The van der Waals surface area contributed by atoms with E-state index < -0.39 is 34.4 Å². The fourth-order valence-corrected chi connectivity index (χ4v) is 4.35. The molecule has 0 fully saturated rings.